The highest BCUT2D eigenvalue weighted by atomic mass is 16.2. The number of aryl methyl sites for hydroxylation is 2. The number of hydrogen-bond donors (Lipinski definition) is 0. The molecule has 3 aromatic rings. The summed E-state index contributed by atoms with van der Waals surface area (Å²) in [5.41, 5.74) is 5.25. The third-order valence-electron chi connectivity index (χ3n) is 5.57. The van der Waals surface area contributed by atoms with Gasteiger partial charge in [-0.2, -0.15) is 5.10 Å². The number of amides is 1. The summed E-state index contributed by atoms with van der Waals surface area (Å²) in [5, 5.41) is 4.71. The first-order valence-corrected chi connectivity index (χ1v) is 10.3. The topological polar surface area (TPSA) is 53.7 Å². The number of carbonyl (C=O) groups is 1. The van der Waals surface area contributed by atoms with E-state index in [0.29, 0.717) is 6.42 Å². The van der Waals surface area contributed by atoms with Crippen LogP contribution < -0.4 is 0 Å². The molecule has 1 aliphatic heterocycles. The van der Waals surface area contributed by atoms with Gasteiger partial charge in [0.05, 0.1) is 17.4 Å². The van der Waals surface area contributed by atoms with Crippen LogP contribution in [0.25, 0.3) is 5.65 Å². The van der Waals surface area contributed by atoms with Crippen molar-refractivity contribution in [3.63, 3.8) is 0 Å². The molecule has 6 nitrogen and oxygen atoms in total. The van der Waals surface area contributed by atoms with Gasteiger partial charge in [-0.05, 0) is 45.8 Å². The van der Waals surface area contributed by atoms with Gasteiger partial charge in [0.15, 0.2) is 5.65 Å². The molecule has 1 saturated heterocycles. The Kier molecular flexibility index (Phi) is 5.62. The molecule has 6 heteroatoms. The van der Waals surface area contributed by atoms with Gasteiger partial charge in [0, 0.05) is 37.3 Å². The summed E-state index contributed by atoms with van der Waals surface area (Å²) in [7, 11) is 4.11. The number of fused-ring (bicyclic) bond motifs is 1. The zero-order valence-corrected chi connectivity index (χ0v) is 17.5. The normalized spacial score (nSPS) is 16.8. The van der Waals surface area contributed by atoms with Crippen molar-refractivity contribution in [1.29, 1.82) is 0 Å². The van der Waals surface area contributed by atoms with Gasteiger partial charge in [-0.15, -0.1) is 0 Å². The molecule has 1 fully saturated rings. The van der Waals surface area contributed by atoms with Crippen molar-refractivity contribution in [3.8, 4) is 0 Å². The van der Waals surface area contributed by atoms with E-state index in [1.165, 1.54) is 5.56 Å². The van der Waals surface area contributed by atoms with Crippen molar-refractivity contribution in [1.82, 2.24) is 24.4 Å². The van der Waals surface area contributed by atoms with E-state index in [-0.39, 0.29) is 11.9 Å². The van der Waals surface area contributed by atoms with Crippen LogP contribution in [0.1, 0.15) is 47.8 Å². The Hall–Kier alpha value is -2.73. The van der Waals surface area contributed by atoms with Gasteiger partial charge < -0.3 is 9.80 Å². The van der Waals surface area contributed by atoms with Crippen molar-refractivity contribution < 1.29 is 4.79 Å². The molecule has 0 N–H and O–H groups in total. The van der Waals surface area contributed by atoms with E-state index in [1.807, 2.05) is 41.9 Å². The van der Waals surface area contributed by atoms with Crippen LogP contribution in [-0.4, -0.2) is 50.9 Å². The van der Waals surface area contributed by atoms with Gasteiger partial charge in [-0.1, -0.05) is 30.3 Å². The van der Waals surface area contributed by atoms with Crippen LogP contribution in [0.5, 0.6) is 0 Å². The van der Waals surface area contributed by atoms with E-state index in [4.69, 9.17) is 5.10 Å². The molecule has 29 heavy (non-hydrogen) atoms. The van der Waals surface area contributed by atoms with Crippen LogP contribution >= 0.6 is 0 Å². The fraction of sp³-hybridized carbons (Fsp3) is 0.435. The minimum Gasteiger partial charge on any atom is -0.334 e. The van der Waals surface area contributed by atoms with Crippen molar-refractivity contribution in [2.75, 3.05) is 20.6 Å². The number of benzene rings is 1. The van der Waals surface area contributed by atoms with Gasteiger partial charge in [0.25, 0.3) is 0 Å². The molecule has 0 aliphatic carbocycles. The van der Waals surface area contributed by atoms with Crippen LogP contribution in [0.3, 0.4) is 0 Å². The van der Waals surface area contributed by atoms with Gasteiger partial charge in [0.2, 0.25) is 5.91 Å². The molecular formula is C23H29N5O. The lowest BCUT2D eigenvalue weighted by atomic mass is 10.0. The smallest absolute Gasteiger partial charge is 0.223 e. The maximum absolute atomic E-state index is 13.1. The Labute approximate surface area is 172 Å². The van der Waals surface area contributed by atoms with Crippen molar-refractivity contribution in [2.24, 2.45) is 0 Å². The second-order valence-corrected chi connectivity index (χ2v) is 8.19. The number of aromatic nitrogens is 3. The summed E-state index contributed by atoms with van der Waals surface area (Å²) in [6.45, 7) is 3.57. The number of hydrogen-bond acceptors (Lipinski definition) is 4. The second kappa shape index (κ2) is 8.33. The molecule has 4 rings (SSSR count). The molecule has 3 heterocycles. The van der Waals surface area contributed by atoms with E-state index in [1.54, 1.807) is 0 Å². The lowest BCUT2D eigenvalue weighted by Gasteiger charge is -2.28. The largest absolute Gasteiger partial charge is 0.334 e. The van der Waals surface area contributed by atoms with E-state index in [0.717, 1.165) is 55.0 Å². The van der Waals surface area contributed by atoms with E-state index >= 15 is 0 Å². The Morgan fingerprint density at radius 1 is 1.24 bits per heavy atom. The van der Waals surface area contributed by atoms with Gasteiger partial charge >= 0.3 is 0 Å². The fourth-order valence-electron chi connectivity index (χ4n) is 4.31. The average molecular weight is 392 g/mol. The van der Waals surface area contributed by atoms with Crippen LogP contribution in [-0.2, 0) is 17.8 Å². The Morgan fingerprint density at radius 2 is 2.03 bits per heavy atom. The highest BCUT2D eigenvalue weighted by Crippen LogP contribution is 2.35. The molecule has 1 aliphatic rings. The molecule has 152 valence electrons. The average Bonchev–Trinajstić information content (AvgIpc) is 3.32. The first kappa shape index (κ1) is 19.6. The van der Waals surface area contributed by atoms with Crippen molar-refractivity contribution in [2.45, 2.75) is 45.2 Å². The number of rotatable bonds is 6. The summed E-state index contributed by atoms with van der Waals surface area (Å²) in [5.74, 6) is 0.223. The van der Waals surface area contributed by atoms with Crippen LogP contribution in [0.2, 0.25) is 0 Å². The molecule has 1 aromatic carbocycles. The number of likely N-dealkylation sites (tertiary alicyclic amines) is 1. The van der Waals surface area contributed by atoms with Gasteiger partial charge in [0.1, 0.15) is 0 Å². The maximum atomic E-state index is 13.1. The lowest BCUT2D eigenvalue weighted by molar-refractivity contribution is -0.132. The van der Waals surface area contributed by atoms with E-state index in [2.05, 4.69) is 41.0 Å². The summed E-state index contributed by atoms with van der Waals surface area (Å²) >= 11 is 0. The third-order valence-corrected chi connectivity index (χ3v) is 5.57. The molecule has 0 saturated carbocycles. The first-order valence-electron chi connectivity index (χ1n) is 10.3. The lowest BCUT2D eigenvalue weighted by Crippen LogP contribution is -2.33. The molecule has 1 atom stereocenters. The molecule has 0 unspecified atom stereocenters. The van der Waals surface area contributed by atoms with E-state index in [9.17, 15) is 4.79 Å². The first-order chi connectivity index (χ1) is 14.0. The third kappa shape index (κ3) is 4.17. The molecule has 0 bridgehead atoms. The fourth-order valence-corrected chi connectivity index (χ4v) is 4.31. The highest BCUT2D eigenvalue weighted by Gasteiger charge is 2.33. The van der Waals surface area contributed by atoms with Crippen LogP contribution in [0, 0.1) is 6.92 Å². The Morgan fingerprint density at radius 3 is 2.79 bits per heavy atom. The second-order valence-electron chi connectivity index (χ2n) is 8.19. The summed E-state index contributed by atoms with van der Waals surface area (Å²) in [4.78, 5) is 22.0. The predicted octanol–water partition coefficient (Wildman–Crippen LogP) is 3.40. The minimum absolute atomic E-state index is 0.0537. The molecule has 0 radical (unpaired) electrons. The van der Waals surface area contributed by atoms with E-state index < -0.39 is 0 Å². The molecule has 1 amide bonds. The Bertz CT molecular complexity index is 995. The summed E-state index contributed by atoms with van der Waals surface area (Å²) in [6.07, 6.45) is 5.26. The zero-order chi connectivity index (χ0) is 20.4. The van der Waals surface area contributed by atoms with Crippen molar-refractivity contribution in [3.05, 3.63) is 65.1 Å². The van der Waals surface area contributed by atoms with Crippen LogP contribution in [0.4, 0.5) is 0 Å². The highest BCUT2D eigenvalue weighted by molar-refractivity contribution is 5.77. The zero-order valence-electron chi connectivity index (χ0n) is 17.5. The molecular weight excluding hydrogens is 362 g/mol. The predicted molar refractivity (Wildman–Crippen MR) is 114 cm³/mol. The number of carbonyl (C=O) groups excluding carboxylic acids is 1. The SMILES string of the molecule is Cc1cc2ncc(CN(C)C)c([C@H]3CCCN3C(=O)CCc3ccccc3)n2n1. The quantitative estimate of drug-likeness (QED) is 0.646. The van der Waals surface area contributed by atoms with Crippen LogP contribution in [0.15, 0.2) is 42.6 Å². The molecule has 2 aromatic heterocycles. The monoisotopic (exact) mass is 391 g/mol. The Balaban J connectivity index is 1.63. The maximum Gasteiger partial charge on any atom is 0.223 e. The summed E-state index contributed by atoms with van der Waals surface area (Å²) in [6, 6.07) is 12.3. The number of nitrogens with zero attached hydrogens (tertiary/aromatic N) is 5. The standard InChI is InChI=1S/C23H29N5O/c1-17-14-21-24-15-19(16-26(2)3)23(28(21)25-17)20-10-7-13-27(20)22(29)12-11-18-8-5-4-6-9-18/h4-6,8-9,14-15,20H,7,10-13,16H2,1-3H3/t20-/m1/s1. The van der Waals surface area contributed by atoms with Gasteiger partial charge in [-0.25, -0.2) is 9.50 Å². The summed E-state index contributed by atoms with van der Waals surface area (Å²) < 4.78 is 1.96. The molecule has 0 spiro atoms. The minimum atomic E-state index is 0.0537. The van der Waals surface area contributed by atoms with Crippen molar-refractivity contribution >= 4 is 11.6 Å². The van der Waals surface area contributed by atoms with Gasteiger partial charge in [-0.3, -0.25) is 4.79 Å².